The zero-order valence-corrected chi connectivity index (χ0v) is 14.0. The standard InChI is InChI=1S/C16H10BrClFN3O/c17-10-8-20-22(9-10)12-6-4-11(5-7-12)21-16(23)15-13(18)2-1-3-14(15)19/h1-9H,(H,21,23). The van der Waals surface area contributed by atoms with Crippen LogP contribution in [0, 0.1) is 5.82 Å². The quantitative estimate of drug-likeness (QED) is 0.701. The van der Waals surface area contributed by atoms with Crippen LogP contribution in [0.5, 0.6) is 0 Å². The molecule has 0 fully saturated rings. The normalized spacial score (nSPS) is 10.6. The minimum Gasteiger partial charge on any atom is -0.322 e. The fraction of sp³-hybridized carbons (Fsp3) is 0. The second-order valence-electron chi connectivity index (χ2n) is 4.70. The van der Waals surface area contributed by atoms with Crippen LogP contribution in [0.1, 0.15) is 10.4 Å². The number of aromatic nitrogens is 2. The summed E-state index contributed by atoms with van der Waals surface area (Å²) < 4.78 is 16.3. The number of hydrogen-bond acceptors (Lipinski definition) is 2. The Hall–Kier alpha value is -2.18. The van der Waals surface area contributed by atoms with Crippen molar-refractivity contribution in [3.05, 3.63) is 75.7 Å². The summed E-state index contributed by atoms with van der Waals surface area (Å²) in [6.45, 7) is 0. The van der Waals surface area contributed by atoms with Crippen molar-refractivity contribution in [3.63, 3.8) is 0 Å². The summed E-state index contributed by atoms with van der Waals surface area (Å²) in [6.07, 6.45) is 3.49. The lowest BCUT2D eigenvalue weighted by molar-refractivity contribution is 0.102. The molecule has 0 aliphatic carbocycles. The number of carbonyl (C=O) groups is 1. The minimum absolute atomic E-state index is 0.0699. The minimum atomic E-state index is -0.659. The van der Waals surface area contributed by atoms with Crippen molar-refractivity contribution < 1.29 is 9.18 Å². The Bertz CT molecular complexity index is 844. The van der Waals surface area contributed by atoms with E-state index in [1.54, 1.807) is 35.1 Å². The Kier molecular flexibility index (Phi) is 4.45. The zero-order valence-electron chi connectivity index (χ0n) is 11.6. The maximum absolute atomic E-state index is 13.7. The van der Waals surface area contributed by atoms with Crippen LogP contribution in [-0.4, -0.2) is 15.7 Å². The van der Waals surface area contributed by atoms with Gasteiger partial charge in [0, 0.05) is 11.9 Å². The lowest BCUT2D eigenvalue weighted by atomic mass is 10.2. The van der Waals surface area contributed by atoms with E-state index in [1.165, 1.54) is 18.2 Å². The van der Waals surface area contributed by atoms with Crippen LogP contribution in [0.25, 0.3) is 5.69 Å². The first-order valence-corrected chi connectivity index (χ1v) is 7.77. The van der Waals surface area contributed by atoms with Crippen LogP contribution in [0.2, 0.25) is 5.02 Å². The van der Waals surface area contributed by atoms with Crippen LogP contribution in [0.4, 0.5) is 10.1 Å². The highest BCUT2D eigenvalue weighted by atomic mass is 79.9. The summed E-state index contributed by atoms with van der Waals surface area (Å²) in [7, 11) is 0. The third kappa shape index (κ3) is 3.43. The van der Waals surface area contributed by atoms with Crippen LogP contribution in [-0.2, 0) is 0 Å². The fourth-order valence-corrected chi connectivity index (χ4v) is 2.58. The van der Waals surface area contributed by atoms with Crippen LogP contribution in [0.3, 0.4) is 0 Å². The molecule has 1 heterocycles. The molecule has 3 rings (SSSR count). The number of rotatable bonds is 3. The number of anilines is 1. The molecule has 0 bridgehead atoms. The molecule has 0 unspecified atom stereocenters. The molecule has 0 saturated heterocycles. The molecule has 0 aliphatic rings. The maximum atomic E-state index is 13.7. The van der Waals surface area contributed by atoms with Gasteiger partial charge in [-0.1, -0.05) is 17.7 Å². The van der Waals surface area contributed by atoms with E-state index in [0.717, 1.165) is 10.2 Å². The van der Waals surface area contributed by atoms with Crippen molar-refractivity contribution in [3.8, 4) is 5.69 Å². The van der Waals surface area contributed by atoms with E-state index in [9.17, 15) is 9.18 Å². The topological polar surface area (TPSA) is 46.9 Å². The molecule has 7 heteroatoms. The zero-order chi connectivity index (χ0) is 16.4. The summed E-state index contributed by atoms with van der Waals surface area (Å²) in [6, 6.07) is 11.1. The van der Waals surface area contributed by atoms with Crippen molar-refractivity contribution in [2.75, 3.05) is 5.32 Å². The van der Waals surface area contributed by atoms with Gasteiger partial charge in [-0.15, -0.1) is 0 Å². The van der Waals surface area contributed by atoms with Crippen LogP contribution in [0.15, 0.2) is 59.3 Å². The molecular weight excluding hydrogens is 385 g/mol. The molecule has 1 amide bonds. The number of nitrogens with zero attached hydrogens (tertiary/aromatic N) is 2. The van der Waals surface area contributed by atoms with Crippen LogP contribution >= 0.6 is 27.5 Å². The highest BCUT2D eigenvalue weighted by Gasteiger charge is 2.15. The van der Waals surface area contributed by atoms with E-state index in [-0.39, 0.29) is 10.6 Å². The Labute approximate surface area is 145 Å². The SMILES string of the molecule is O=C(Nc1ccc(-n2cc(Br)cn2)cc1)c1c(F)cccc1Cl. The van der Waals surface area contributed by atoms with Gasteiger partial charge >= 0.3 is 0 Å². The van der Waals surface area contributed by atoms with Gasteiger partial charge in [-0.25, -0.2) is 9.07 Å². The van der Waals surface area contributed by atoms with E-state index < -0.39 is 11.7 Å². The van der Waals surface area contributed by atoms with Gasteiger partial charge in [0.2, 0.25) is 0 Å². The second kappa shape index (κ2) is 6.52. The Balaban J connectivity index is 1.79. The monoisotopic (exact) mass is 393 g/mol. The van der Waals surface area contributed by atoms with E-state index in [0.29, 0.717) is 5.69 Å². The molecule has 0 aliphatic heterocycles. The first-order chi connectivity index (χ1) is 11.0. The summed E-state index contributed by atoms with van der Waals surface area (Å²) in [5.41, 5.74) is 1.19. The molecule has 2 aromatic carbocycles. The number of benzene rings is 2. The smallest absolute Gasteiger partial charge is 0.260 e. The molecule has 3 aromatic rings. The van der Waals surface area contributed by atoms with Gasteiger partial charge < -0.3 is 5.32 Å². The first-order valence-electron chi connectivity index (χ1n) is 6.60. The summed E-state index contributed by atoms with van der Waals surface area (Å²) >= 11 is 9.21. The Morgan fingerprint density at radius 2 is 1.96 bits per heavy atom. The van der Waals surface area contributed by atoms with Gasteiger partial charge in [0.1, 0.15) is 5.82 Å². The summed E-state index contributed by atoms with van der Waals surface area (Å²) in [5, 5.41) is 6.85. The van der Waals surface area contributed by atoms with Crippen molar-refractivity contribution in [1.82, 2.24) is 9.78 Å². The van der Waals surface area contributed by atoms with Gasteiger partial charge in [-0.05, 0) is 52.3 Å². The predicted molar refractivity (Wildman–Crippen MR) is 90.6 cm³/mol. The molecule has 0 spiro atoms. The molecule has 4 nitrogen and oxygen atoms in total. The van der Waals surface area contributed by atoms with Gasteiger partial charge in [0.25, 0.3) is 5.91 Å². The summed E-state index contributed by atoms with van der Waals surface area (Å²) in [4.78, 5) is 12.2. The van der Waals surface area contributed by atoms with E-state index >= 15 is 0 Å². The third-order valence-corrected chi connectivity index (χ3v) is 3.86. The highest BCUT2D eigenvalue weighted by Crippen LogP contribution is 2.21. The van der Waals surface area contributed by atoms with Gasteiger partial charge in [-0.3, -0.25) is 4.79 Å². The number of amides is 1. The highest BCUT2D eigenvalue weighted by molar-refractivity contribution is 9.10. The van der Waals surface area contributed by atoms with Crippen molar-refractivity contribution in [2.45, 2.75) is 0 Å². The molecule has 23 heavy (non-hydrogen) atoms. The number of halogens is 3. The molecule has 0 atom stereocenters. The second-order valence-corrected chi connectivity index (χ2v) is 6.02. The Morgan fingerprint density at radius 3 is 2.57 bits per heavy atom. The van der Waals surface area contributed by atoms with Crippen molar-refractivity contribution in [1.29, 1.82) is 0 Å². The van der Waals surface area contributed by atoms with Crippen molar-refractivity contribution in [2.24, 2.45) is 0 Å². The van der Waals surface area contributed by atoms with Gasteiger partial charge in [0.15, 0.2) is 0 Å². The average Bonchev–Trinajstić information content (AvgIpc) is 2.94. The predicted octanol–water partition coefficient (Wildman–Crippen LogP) is 4.68. The molecule has 116 valence electrons. The molecule has 1 N–H and O–H groups in total. The van der Waals surface area contributed by atoms with E-state index in [1.807, 2.05) is 6.20 Å². The van der Waals surface area contributed by atoms with Gasteiger partial charge in [-0.2, -0.15) is 5.10 Å². The lowest BCUT2D eigenvalue weighted by Crippen LogP contribution is -2.14. The van der Waals surface area contributed by atoms with Crippen LogP contribution < -0.4 is 5.32 Å². The maximum Gasteiger partial charge on any atom is 0.260 e. The summed E-state index contributed by atoms with van der Waals surface area (Å²) in [5.74, 6) is -1.25. The number of hydrogen-bond donors (Lipinski definition) is 1. The lowest BCUT2D eigenvalue weighted by Gasteiger charge is -2.08. The van der Waals surface area contributed by atoms with E-state index in [4.69, 9.17) is 11.6 Å². The molecular formula is C16H10BrClFN3O. The Morgan fingerprint density at radius 1 is 1.22 bits per heavy atom. The average molecular weight is 395 g/mol. The van der Waals surface area contributed by atoms with Gasteiger partial charge in [0.05, 0.1) is 26.9 Å². The van der Waals surface area contributed by atoms with Crippen molar-refractivity contribution >= 4 is 39.1 Å². The molecule has 1 aromatic heterocycles. The third-order valence-electron chi connectivity index (χ3n) is 3.13. The van der Waals surface area contributed by atoms with E-state index in [2.05, 4.69) is 26.3 Å². The molecule has 0 saturated carbocycles. The first kappa shape index (κ1) is 15.7. The number of nitrogens with one attached hydrogen (secondary N) is 1. The fourth-order valence-electron chi connectivity index (χ4n) is 2.05. The number of carbonyl (C=O) groups excluding carboxylic acids is 1. The largest absolute Gasteiger partial charge is 0.322 e. The molecule has 0 radical (unpaired) electrons.